The number of likely N-dealkylation sites (tertiary alicyclic amines) is 1. The SMILES string of the molecule is Cc1cn2nc(-c3cc(F)c(N)c(C=NC4CCN(CCF)CC4)c3)cc(C)c2n1. The van der Waals surface area contributed by atoms with Crippen LogP contribution >= 0.6 is 0 Å². The molecule has 0 amide bonds. The summed E-state index contributed by atoms with van der Waals surface area (Å²) >= 11 is 0. The zero-order chi connectivity index (χ0) is 21.3. The van der Waals surface area contributed by atoms with Gasteiger partial charge >= 0.3 is 0 Å². The van der Waals surface area contributed by atoms with Crippen LogP contribution in [0.1, 0.15) is 29.7 Å². The van der Waals surface area contributed by atoms with E-state index in [0.29, 0.717) is 23.4 Å². The van der Waals surface area contributed by atoms with E-state index < -0.39 is 5.82 Å². The van der Waals surface area contributed by atoms with Crippen LogP contribution in [0.4, 0.5) is 14.5 Å². The molecule has 1 fully saturated rings. The van der Waals surface area contributed by atoms with Crippen molar-refractivity contribution in [2.75, 3.05) is 32.0 Å². The molecule has 1 aromatic carbocycles. The lowest BCUT2D eigenvalue weighted by Gasteiger charge is -2.29. The Morgan fingerprint density at radius 3 is 2.73 bits per heavy atom. The van der Waals surface area contributed by atoms with Crippen molar-refractivity contribution in [3.05, 3.63) is 47.0 Å². The number of aryl methyl sites for hydroxylation is 2. The fourth-order valence-electron chi connectivity index (χ4n) is 3.88. The van der Waals surface area contributed by atoms with Gasteiger partial charge in [-0.2, -0.15) is 5.10 Å². The predicted molar refractivity (Wildman–Crippen MR) is 115 cm³/mol. The van der Waals surface area contributed by atoms with Crippen molar-refractivity contribution < 1.29 is 8.78 Å². The highest BCUT2D eigenvalue weighted by Crippen LogP contribution is 2.26. The summed E-state index contributed by atoms with van der Waals surface area (Å²) in [7, 11) is 0. The minimum atomic E-state index is -0.493. The van der Waals surface area contributed by atoms with Crippen LogP contribution in [0.25, 0.3) is 16.9 Å². The molecule has 30 heavy (non-hydrogen) atoms. The molecule has 0 spiro atoms. The summed E-state index contributed by atoms with van der Waals surface area (Å²) in [4.78, 5) is 11.2. The lowest BCUT2D eigenvalue weighted by molar-refractivity contribution is 0.198. The highest BCUT2D eigenvalue weighted by molar-refractivity contribution is 5.89. The molecule has 158 valence electrons. The van der Waals surface area contributed by atoms with Gasteiger partial charge in [-0.05, 0) is 50.5 Å². The van der Waals surface area contributed by atoms with Crippen LogP contribution in [0, 0.1) is 19.7 Å². The number of aromatic nitrogens is 3. The Balaban J connectivity index is 1.60. The van der Waals surface area contributed by atoms with Crippen LogP contribution in [0.3, 0.4) is 0 Å². The van der Waals surface area contributed by atoms with Crippen LogP contribution in [0.2, 0.25) is 0 Å². The molecular weight excluding hydrogens is 386 g/mol. The first-order valence-corrected chi connectivity index (χ1v) is 10.2. The Kier molecular flexibility index (Phi) is 5.76. The number of piperidine rings is 1. The van der Waals surface area contributed by atoms with Crippen LogP contribution in [0.5, 0.6) is 0 Å². The van der Waals surface area contributed by atoms with Crippen LogP contribution < -0.4 is 5.73 Å². The van der Waals surface area contributed by atoms with Gasteiger partial charge in [0.2, 0.25) is 0 Å². The van der Waals surface area contributed by atoms with Crippen molar-refractivity contribution in [3.63, 3.8) is 0 Å². The van der Waals surface area contributed by atoms with Gasteiger partial charge in [0.05, 0.1) is 29.3 Å². The third kappa shape index (κ3) is 4.18. The number of fused-ring (bicyclic) bond motifs is 1. The number of benzene rings is 1. The van der Waals surface area contributed by atoms with E-state index in [-0.39, 0.29) is 18.4 Å². The van der Waals surface area contributed by atoms with Crippen molar-refractivity contribution in [1.82, 2.24) is 19.5 Å². The first-order valence-electron chi connectivity index (χ1n) is 10.2. The van der Waals surface area contributed by atoms with E-state index in [9.17, 15) is 8.78 Å². The van der Waals surface area contributed by atoms with Crippen molar-refractivity contribution in [3.8, 4) is 11.3 Å². The molecular formula is C22H26F2N6. The second-order valence-electron chi connectivity index (χ2n) is 7.86. The zero-order valence-corrected chi connectivity index (χ0v) is 17.3. The maximum atomic E-state index is 14.6. The first-order chi connectivity index (χ1) is 14.4. The van der Waals surface area contributed by atoms with E-state index in [1.54, 1.807) is 10.7 Å². The quantitative estimate of drug-likeness (QED) is 0.514. The molecule has 0 bridgehead atoms. The Hall–Kier alpha value is -2.87. The van der Waals surface area contributed by atoms with Gasteiger partial charge in [0, 0.05) is 37.0 Å². The normalized spacial score (nSPS) is 16.1. The Morgan fingerprint density at radius 2 is 2.00 bits per heavy atom. The van der Waals surface area contributed by atoms with Crippen molar-refractivity contribution in [1.29, 1.82) is 0 Å². The number of nitrogens with zero attached hydrogens (tertiary/aromatic N) is 5. The molecule has 4 rings (SSSR count). The maximum Gasteiger partial charge on any atom is 0.156 e. The standard InChI is InChI=1S/C22H26F2N6/c1-14-9-20(28-30-13-15(2)27-22(14)30)16-10-17(21(25)19(24)11-16)12-26-18-3-6-29(7-4-18)8-5-23/h9-13,18H,3-8,25H2,1-2H3. The van der Waals surface area contributed by atoms with E-state index >= 15 is 0 Å². The summed E-state index contributed by atoms with van der Waals surface area (Å²) in [6.45, 7) is 5.66. The highest BCUT2D eigenvalue weighted by Gasteiger charge is 2.18. The number of rotatable bonds is 5. The third-order valence-corrected chi connectivity index (χ3v) is 5.57. The van der Waals surface area contributed by atoms with E-state index in [1.807, 2.05) is 32.2 Å². The molecule has 1 aliphatic heterocycles. The molecule has 0 saturated carbocycles. The zero-order valence-electron chi connectivity index (χ0n) is 17.3. The lowest BCUT2D eigenvalue weighted by atomic mass is 10.0. The summed E-state index contributed by atoms with van der Waals surface area (Å²) < 4.78 is 28.8. The number of aliphatic imine (C=N–C) groups is 1. The van der Waals surface area contributed by atoms with E-state index in [4.69, 9.17) is 5.73 Å². The smallest absolute Gasteiger partial charge is 0.156 e. The molecule has 6 nitrogen and oxygen atoms in total. The van der Waals surface area contributed by atoms with Crippen molar-refractivity contribution >= 4 is 17.5 Å². The number of anilines is 1. The highest BCUT2D eigenvalue weighted by atomic mass is 19.1. The second kappa shape index (κ2) is 8.47. The largest absolute Gasteiger partial charge is 0.396 e. The van der Waals surface area contributed by atoms with Gasteiger partial charge in [-0.25, -0.2) is 18.3 Å². The first kappa shape index (κ1) is 20.4. The second-order valence-corrected chi connectivity index (χ2v) is 7.86. The molecule has 3 aromatic rings. The van der Waals surface area contributed by atoms with Gasteiger partial charge in [0.1, 0.15) is 12.5 Å². The van der Waals surface area contributed by atoms with Crippen LogP contribution in [-0.2, 0) is 0 Å². The molecule has 3 heterocycles. The van der Waals surface area contributed by atoms with Gasteiger partial charge in [0.25, 0.3) is 0 Å². The molecule has 0 radical (unpaired) electrons. The number of alkyl halides is 1. The number of nitrogens with two attached hydrogens (primary N) is 1. The number of nitrogen functional groups attached to an aromatic ring is 1. The fraction of sp³-hybridized carbons (Fsp3) is 0.409. The lowest BCUT2D eigenvalue weighted by Crippen LogP contribution is -2.36. The summed E-state index contributed by atoms with van der Waals surface area (Å²) in [5.41, 5.74) is 10.5. The summed E-state index contributed by atoms with van der Waals surface area (Å²) in [6.07, 6.45) is 5.22. The van der Waals surface area contributed by atoms with E-state index in [0.717, 1.165) is 42.8 Å². The maximum absolute atomic E-state index is 14.6. The number of imidazole rings is 1. The average molecular weight is 412 g/mol. The summed E-state index contributed by atoms with van der Waals surface area (Å²) in [6, 6.07) is 5.25. The summed E-state index contributed by atoms with van der Waals surface area (Å²) in [5, 5.41) is 4.58. The van der Waals surface area contributed by atoms with Gasteiger partial charge in [-0.15, -0.1) is 0 Å². The van der Waals surface area contributed by atoms with Gasteiger partial charge in [0.15, 0.2) is 5.65 Å². The number of hydrogen-bond donors (Lipinski definition) is 1. The van der Waals surface area contributed by atoms with Gasteiger partial charge < -0.3 is 10.6 Å². The Morgan fingerprint density at radius 1 is 1.23 bits per heavy atom. The van der Waals surface area contributed by atoms with E-state index in [1.165, 1.54) is 6.07 Å². The van der Waals surface area contributed by atoms with E-state index in [2.05, 4.69) is 20.0 Å². The molecule has 0 atom stereocenters. The Bertz CT molecular complexity index is 1080. The number of hydrogen-bond acceptors (Lipinski definition) is 5. The molecule has 1 aliphatic rings. The monoisotopic (exact) mass is 412 g/mol. The molecule has 0 unspecified atom stereocenters. The van der Waals surface area contributed by atoms with Gasteiger partial charge in [-0.1, -0.05) is 0 Å². The predicted octanol–water partition coefficient (Wildman–Crippen LogP) is 3.59. The van der Waals surface area contributed by atoms with Gasteiger partial charge in [-0.3, -0.25) is 4.99 Å². The average Bonchev–Trinajstić information content (AvgIpc) is 3.11. The molecule has 8 heteroatoms. The topological polar surface area (TPSA) is 71.8 Å². The Labute approximate surface area is 174 Å². The van der Waals surface area contributed by atoms with Crippen molar-refractivity contribution in [2.24, 2.45) is 4.99 Å². The minimum Gasteiger partial charge on any atom is -0.396 e. The minimum absolute atomic E-state index is 0.0774. The summed E-state index contributed by atoms with van der Waals surface area (Å²) in [5.74, 6) is -0.493. The molecule has 0 aliphatic carbocycles. The molecule has 2 aromatic heterocycles. The van der Waals surface area contributed by atoms with Crippen LogP contribution in [-0.4, -0.2) is 58.1 Å². The van der Waals surface area contributed by atoms with Crippen molar-refractivity contribution in [2.45, 2.75) is 32.7 Å². The molecule has 1 saturated heterocycles. The number of halogens is 2. The van der Waals surface area contributed by atoms with Crippen LogP contribution in [0.15, 0.2) is 29.4 Å². The third-order valence-electron chi connectivity index (χ3n) is 5.57. The fourth-order valence-corrected chi connectivity index (χ4v) is 3.88. The molecule has 2 N–H and O–H groups in total.